The SMILES string of the molecule is CC[C@@H](O)[C@@H]1CCOC(=O)N1. The van der Waals surface area contributed by atoms with Crippen LogP contribution in [0.1, 0.15) is 19.8 Å². The van der Waals surface area contributed by atoms with Gasteiger partial charge in [-0.1, -0.05) is 6.92 Å². The van der Waals surface area contributed by atoms with Crippen LogP contribution in [0, 0.1) is 0 Å². The average Bonchev–Trinajstić information content (AvgIpc) is 2.03. The van der Waals surface area contributed by atoms with Gasteiger partial charge in [0, 0.05) is 6.42 Å². The van der Waals surface area contributed by atoms with E-state index in [1.165, 1.54) is 0 Å². The molecule has 1 aliphatic heterocycles. The minimum atomic E-state index is -0.442. The van der Waals surface area contributed by atoms with Gasteiger partial charge in [-0.2, -0.15) is 0 Å². The molecule has 0 radical (unpaired) electrons. The molecule has 0 aliphatic carbocycles. The number of aliphatic hydroxyl groups is 1. The Morgan fingerprint density at radius 2 is 2.64 bits per heavy atom. The predicted molar refractivity (Wildman–Crippen MR) is 39.2 cm³/mol. The quantitative estimate of drug-likeness (QED) is 0.607. The number of amides is 1. The molecule has 0 unspecified atom stereocenters. The van der Waals surface area contributed by atoms with Gasteiger partial charge in [0.2, 0.25) is 0 Å². The zero-order valence-electron chi connectivity index (χ0n) is 6.54. The van der Waals surface area contributed by atoms with Gasteiger partial charge in [-0.05, 0) is 6.42 Å². The summed E-state index contributed by atoms with van der Waals surface area (Å²) in [7, 11) is 0. The molecule has 1 rings (SSSR count). The molecule has 0 aromatic heterocycles. The van der Waals surface area contributed by atoms with Crippen molar-refractivity contribution in [3.63, 3.8) is 0 Å². The van der Waals surface area contributed by atoms with E-state index in [0.29, 0.717) is 19.4 Å². The van der Waals surface area contributed by atoms with Gasteiger partial charge in [0.25, 0.3) is 0 Å². The zero-order valence-corrected chi connectivity index (χ0v) is 6.54. The van der Waals surface area contributed by atoms with Gasteiger partial charge in [-0.15, -0.1) is 0 Å². The highest BCUT2D eigenvalue weighted by Gasteiger charge is 2.24. The molecule has 64 valence electrons. The maximum absolute atomic E-state index is 10.6. The van der Waals surface area contributed by atoms with Crippen molar-refractivity contribution in [1.82, 2.24) is 5.32 Å². The van der Waals surface area contributed by atoms with Crippen LogP contribution in [0.25, 0.3) is 0 Å². The van der Waals surface area contributed by atoms with Crippen molar-refractivity contribution in [2.24, 2.45) is 0 Å². The third kappa shape index (κ3) is 2.08. The Bertz CT molecular complexity index is 149. The first-order valence-corrected chi connectivity index (χ1v) is 3.85. The molecular weight excluding hydrogens is 146 g/mol. The number of carbonyl (C=O) groups excluding carboxylic acids is 1. The molecule has 1 amide bonds. The summed E-state index contributed by atoms with van der Waals surface area (Å²) < 4.78 is 4.64. The third-order valence-electron chi connectivity index (χ3n) is 1.85. The Balaban J connectivity index is 2.39. The van der Waals surface area contributed by atoms with Crippen molar-refractivity contribution >= 4 is 6.09 Å². The third-order valence-corrected chi connectivity index (χ3v) is 1.85. The van der Waals surface area contributed by atoms with E-state index in [4.69, 9.17) is 0 Å². The van der Waals surface area contributed by atoms with Crippen molar-refractivity contribution in [1.29, 1.82) is 0 Å². The normalized spacial score (nSPS) is 27.1. The van der Waals surface area contributed by atoms with Crippen LogP contribution >= 0.6 is 0 Å². The van der Waals surface area contributed by atoms with Crippen molar-refractivity contribution in [2.45, 2.75) is 31.9 Å². The van der Waals surface area contributed by atoms with Gasteiger partial charge >= 0.3 is 6.09 Å². The van der Waals surface area contributed by atoms with Gasteiger partial charge in [0.05, 0.1) is 18.8 Å². The lowest BCUT2D eigenvalue weighted by molar-refractivity contribution is 0.0632. The summed E-state index contributed by atoms with van der Waals surface area (Å²) in [5, 5.41) is 11.9. The maximum atomic E-state index is 10.6. The Labute approximate surface area is 65.5 Å². The Morgan fingerprint density at radius 3 is 3.18 bits per heavy atom. The summed E-state index contributed by atoms with van der Waals surface area (Å²) in [6, 6.07) is -0.124. The van der Waals surface area contributed by atoms with E-state index in [1.54, 1.807) is 0 Å². The topological polar surface area (TPSA) is 58.6 Å². The highest BCUT2D eigenvalue weighted by molar-refractivity contribution is 5.68. The minimum absolute atomic E-state index is 0.124. The second-order valence-corrected chi connectivity index (χ2v) is 2.65. The summed E-state index contributed by atoms with van der Waals surface area (Å²) in [5.74, 6) is 0. The summed E-state index contributed by atoms with van der Waals surface area (Å²) in [6.07, 6.45) is 0.489. The average molecular weight is 159 g/mol. The molecule has 0 saturated carbocycles. The van der Waals surface area contributed by atoms with Gasteiger partial charge < -0.3 is 15.2 Å². The number of hydrogen-bond acceptors (Lipinski definition) is 3. The van der Waals surface area contributed by atoms with Crippen LogP contribution in [0.2, 0.25) is 0 Å². The summed E-state index contributed by atoms with van der Waals surface area (Å²) in [5.41, 5.74) is 0. The van der Waals surface area contributed by atoms with E-state index in [0.717, 1.165) is 0 Å². The van der Waals surface area contributed by atoms with E-state index in [9.17, 15) is 9.90 Å². The van der Waals surface area contributed by atoms with Gasteiger partial charge in [0.1, 0.15) is 0 Å². The number of cyclic esters (lactones) is 1. The number of carbonyl (C=O) groups is 1. The monoisotopic (exact) mass is 159 g/mol. The van der Waals surface area contributed by atoms with Gasteiger partial charge in [-0.25, -0.2) is 4.79 Å². The molecule has 4 heteroatoms. The minimum Gasteiger partial charge on any atom is -0.449 e. The molecule has 2 atom stereocenters. The lowest BCUT2D eigenvalue weighted by Gasteiger charge is -2.26. The van der Waals surface area contributed by atoms with Gasteiger partial charge in [-0.3, -0.25) is 0 Å². The zero-order chi connectivity index (χ0) is 8.27. The van der Waals surface area contributed by atoms with Crippen LogP contribution in [0.5, 0.6) is 0 Å². The molecular formula is C7H13NO3. The Kier molecular flexibility index (Phi) is 2.70. The van der Waals surface area contributed by atoms with Crippen LogP contribution in [0.15, 0.2) is 0 Å². The molecule has 11 heavy (non-hydrogen) atoms. The predicted octanol–water partition coefficient (Wildman–Crippen LogP) is 0.256. The smallest absolute Gasteiger partial charge is 0.407 e. The van der Waals surface area contributed by atoms with Crippen LogP contribution < -0.4 is 5.32 Å². The Morgan fingerprint density at radius 1 is 1.91 bits per heavy atom. The number of hydrogen-bond donors (Lipinski definition) is 2. The van der Waals surface area contributed by atoms with E-state index < -0.39 is 12.2 Å². The van der Waals surface area contributed by atoms with Gasteiger partial charge in [0.15, 0.2) is 0 Å². The molecule has 0 bridgehead atoms. The lowest BCUT2D eigenvalue weighted by Crippen LogP contribution is -2.47. The summed E-state index contributed by atoms with van der Waals surface area (Å²) in [4.78, 5) is 10.6. The first-order valence-electron chi connectivity index (χ1n) is 3.85. The van der Waals surface area contributed by atoms with Crippen LogP contribution in [0.4, 0.5) is 4.79 Å². The standard InChI is InChI=1S/C7H13NO3/c1-2-6(9)5-3-4-11-7(10)8-5/h5-6,9H,2-4H2,1H3,(H,8,10)/t5-,6+/m0/s1. The second-order valence-electron chi connectivity index (χ2n) is 2.65. The van der Waals surface area contributed by atoms with Crippen molar-refractivity contribution < 1.29 is 14.6 Å². The van der Waals surface area contributed by atoms with Crippen molar-refractivity contribution in [2.75, 3.05) is 6.61 Å². The Hall–Kier alpha value is -0.770. The molecule has 1 fully saturated rings. The number of alkyl carbamates (subject to hydrolysis) is 1. The fourth-order valence-electron chi connectivity index (χ4n) is 1.12. The molecule has 0 aromatic carbocycles. The fraction of sp³-hybridized carbons (Fsp3) is 0.857. The van der Waals surface area contributed by atoms with Crippen LogP contribution in [0.3, 0.4) is 0 Å². The first-order chi connectivity index (χ1) is 5.24. The highest BCUT2D eigenvalue weighted by Crippen LogP contribution is 2.07. The summed E-state index contributed by atoms with van der Waals surface area (Å²) >= 11 is 0. The second kappa shape index (κ2) is 3.57. The summed E-state index contributed by atoms with van der Waals surface area (Å²) in [6.45, 7) is 2.29. The molecule has 2 N–H and O–H groups in total. The number of rotatable bonds is 2. The van der Waals surface area contributed by atoms with E-state index in [2.05, 4.69) is 10.1 Å². The molecule has 1 aliphatic rings. The molecule has 1 saturated heterocycles. The highest BCUT2D eigenvalue weighted by atomic mass is 16.6. The number of nitrogens with one attached hydrogen (secondary N) is 1. The first kappa shape index (κ1) is 8.33. The largest absolute Gasteiger partial charge is 0.449 e. The number of aliphatic hydroxyl groups excluding tert-OH is 1. The van der Waals surface area contributed by atoms with E-state index in [1.807, 2.05) is 6.92 Å². The molecule has 0 spiro atoms. The fourth-order valence-corrected chi connectivity index (χ4v) is 1.12. The van der Waals surface area contributed by atoms with E-state index in [-0.39, 0.29) is 6.04 Å². The lowest BCUT2D eigenvalue weighted by atomic mass is 10.1. The molecule has 0 aromatic rings. The molecule has 4 nitrogen and oxygen atoms in total. The van der Waals surface area contributed by atoms with Crippen LogP contribution in [-0.2, 0) is 4.74 Å². The van der Waals surface area contributed by atoms with Crippen molar-refractivity contribution in [3.05, 3.63) is 0 Å². The van der Waals surface area contributed by atoms with Crippen molar-refractivity contribution in [3.8, 4) is 0 Å². The molecule has 1 heterocycles. The maximum Gasteiger partial charge on any atom is 0.407 e. The van der Waals surface area contributed by atoms with E-state index >= 15 is 0 Å². The van der Waals surface area contributed by atoms with Crippen LogP contribution in [-0.4, -0.2) is 30.0 Å². The number of ether oxygens (including phenoxy) is 1.